The predicted molar refractivity (Wildman–Crippen MR) is 118 cm³/mol. The number of halogens is 1. The molecule has 1 amide bonds. The Labute approximate surface area is 176 Å². The molecule has 1 aliphatic heterocycles. The van der Waals surface area contributed by atoms with Gasteiger partial charge in [0.15, 0.2) is 5.96 Å². The Morgan fingerprint density at radius 2 is 2.03 bits per heavy atom. The van der Waals surface area contributed by atoms with Gasteiger partial charge in [-0.2, -0.15) is 0 Å². The molecule has 0 saturated heterocycles. The number of ether oxygens (including phenoxy) is 1. The molecule has 0 fully saturated rings. The maximum atomic E-state index is 12.2. The van der Waals surface area contributed by atoms with Crippen molar-refractivity contribution in [1.29, 1.82) is 0 Å². The molecule has 0 aromatic heterocycles. The summed E-state index contributed by atoms with van der Waals surface area (Å²) in [6.45, 7) is 3.91. The Bertz CT molecular complexity index is 898. The minimum atomic E-state index is -0.0707. The van der Waals surface area contributed by atoms with Gasteiger partial charge in [0.1, 0.15) is 5.75 Å². The van der Waals surface area contributed by atoms with Crippen LogP contribution in [0.25, 0.3) is 0 Å². The number of amides is 1. The molecule has 3 N–H and O–H groups in total. The molecule has 0 spiro atoms. The van der Waals surface area contributed by atoms with Gasteiger partial charge in [-0.25, -0.2) is 0 Å². The van der Waals surface area contributed by atoms with Crippen molar-refractivity contribution in [2.45, 2.75) is 26.2 Å². The van der Waals surface area contributed by atoms with Crippen LogP contribution in [-0.4, -0.2) is 38.6 Å². The van der Waals surface area contributed by atoms with E-state index >= 15 is 0 Å². The third-order valence-electron chi connectivity index (χ3n) is 4.87. The smallest absolute Gasteiger partial charge is 0.226 e. The number of hydrogen-bond acceptors (Lipinski definition) is 3. The molecule has 154 valence electrons. The fourth-order valence-electron chi connectivity index (χ4n) is 3.19. The molecule has 1 aliphatic rings. The first-order chi connectivity index (χ1) is 14.1. The van der Waals surface area contributed by atoms with Crippen LogP contribution in [0.2, 0.25) is 5.02 Å². The van der Waals surface area contributed by atoms with Crippen molar-refractivity contribution < 1.29 is 9.53 Å². The highest BCUT2D eigenvalue weighted by atomic mass is 35.5. The molecule has 7 heteroatoms. The molecule has 2 aromatic rings. The zero-order valence-corrected chi connectivity index (χ0v) is 17.6. The topological polar surface area (TPSA) is 74.8 Å². The van der Waals surface area contributed by atoms with E-state index in [-0.39, 0.29) is 5.91 Å². The summed E-state index contributed by atoms with van der Waals surface area (Å²) in [5, 5.41) is 9.99. The molecule has 0 unspecified atom stereocenters. The highest BCUT2D eigenvalue weighted by Crippen LogP contribution is 2.26. The van der Waals surface area contributed by atoms with E-state index in [0.29, 0.717) is 23.9 Å². The van der Waals surface area contributed by atoms with Gasteiger partial charge < -0.3 is 20.7 Å². The summed E-state index contributed by atoms with van der Waals surface area (Å²) in [4.78, 5) is 16.4. The SMILES string of the molecule is CN=C(NCCC(=O)Nc1cccc(Cl)c1C)NCCc1ccc2c(c1)CCO2. The Morgan fingerprint density at radius 3 is 2.86 bits per heavy atom. The Hall–Kier alpha value is -2.73. The lowest BCUT2D eigenvalue weighted by Gasteiger charge is -2.13. The average Bonchev–Trinajstić information content (AvgIpc) is 3.18. The molecule has 29 heavy (non-hydrogen) atoms. The number of aliphatic imine (C=N–C) groups is 1. The van der Waals surface area contributed by atoms with Crippen LogP contribution in [-0.2, 0) is 17.6 Å². The standard InChI is InChI=1S/C22H27ClN4O2/c1-15-18(23)4-3-5-19(15)27-21(28)9-12-26-22(24-2)25-11-8-16-6-7-20-17(14-16)10-13-29-20/h3-7,14H,8-13H2,1-2H3,(H,27,28)(H2,24,25,26). The highest BCUT2D eigenvalue weighted by Gasteiger charge is 2.12. The van der Waals surface area contributed by atoms with Crippen molar-refractivity contribution >= 4 is 29.2 Å². The van der Waals surface area contributed by atoms with E-state index in [9.17, 15) is 4.79 Å². The second-order valence-electron chi connectivity index (χ2n) is 6.93. The van der Waals surface area contributed by atoms with Crippen LogP contribution in [0.15, 0.2) is 41.4 Å². The minimum Gasteiger partial charge on any atom is -0.493 e. The maximum absolute atomic E-state index is 12.2. The van der Waals surface area contributed by atoms with Crippen molar-refractivity contribution in [2.75, 3.05) is 32.1 Å². The van der Waals surface area contributed by atoms with Gasteiger partial charge in [-0.3, -0.25) is 9.79 Å². The summed E-state index contributed by atoms with van der Waals surface area (Å²) in [6, 6.07) is 11.8. The zero-order chi connectivity index (χ0) is 20.6. The first-order valence-corrected chi connectivity index (χ1v) is 10.2. The number of nitrogens with one attached hydrogen (secondary N) is 3. The number of anilines is 1. The van der Waals surface area contributed by atoms with E-state index in [2.05, 4.69) is 33.1 Å². The van der Waals surface area contributed by atoms with Crippen LogP contribution in [0.5, 0.6) is 5.75 Å². The van der Waals surface area contributed by atoms with E-state index in [1.165, 1.54) is 11.1 Å². The number of guanidine groups is 1. The van der Waals surface area contributed by atoms with Crippen LogP contribution in [0.1, 0.15) is 23.1 Å². The molecule has 1 heterocycles. The van der Waals surface area contributed by atoms with Gasteiger partial charge >= 0.3 is 0 Å². The largest absolute Gasteiger partial charge is 0.493 e. The van der Waals surface area contributed by atoms with Crippen LogP contribution in [0, 0.1) is 6.92 Å². The summed E-state index contributed by atoms with van der Waals surface area (Å²) in [6.07, 6.45) is 2.20. The number of fused-ring (bicyclic) bond motifs is 1. The van der Waals surface area contributed by atoms with Gasteiger partial charge in [0.25, 0.3) is 0 Å². The van der Waals surface area contributed by atoms with Gasteiger partial charge in [0.2, 0.25) is 5.91 Å². The molecule has 6 nitrogen and oxygen atoms in total. The van der Waals surface area contributed by atoms with Crippen molar-refractivity contribution in [2.24, 2.45) is 4.99 Å². The summed E-state index contributed by atoms with van der Waals surface area (Å²) >= 11 is 6.09. The van der Waals surface area contributed by atoms with Crippen molar-refractivity contribution in [3.63, 3.8) is 0 Å². The van der Waals surface area contributed by atoms with Gasteiger partial charge in [-0.05, 0) is 48.2 Å². The molecule has 0 radical (unpaired) electrons. The van der Waals surface area contributed by atoms with Crippen LogP contribution >= 0.6 is 11.6 Å². The summed E-state index contributed by atoms with van der Waals surface area (Å²) in [5.41, 5.74) is 4.16. The second-order valence-corrected chi connectivity index (χ2v) is 7.33. The first kappa shape index (κ1) is 21.0. The zero-order valence-electron chi connectivity index (χ0n) is 16.8. The molecule has 0 atom stereocenters. The summed E-state index contributed by atoms with van der Waals surface area (Å²) < 4.78 is 5.54. The van der Waals surface area contributed by atoms with Crippen molar-refractivity contribution in [1.82, 2.24) is 10.6 Å². The van der Waals surface area contributed by atoms with Crippen molar-refractivity contribution in [3.8, 4) is 5.75 Å². The second kappa shape index (κ2) is 10.2. The number of benzene rings is 2. The average molecular weight is 415 g/mol. The van der Waals surface area contributed by atoms with Crippen LogP contribution in [0.3, 0.4) is 0 Å². The summed E-state index contributed by atoms with van der Waals surface area (Å²) in [5.74, 6) is 1.62. The normalized spacial score (nSPS) is 12.9. The van der Waals surface area contributed by atoms with E-state index in [4.69, 9.17) is 16.3 Å². The minimum absolute atomic E-state index is 0.0707. The third kappa shape index (κ3) is 5.87. The van der Waals surface area contributed by atoms with Gasteiger partial charge in [-0.15, -0.1) is 0 Å². The Balaban J connectivity index is 1.38. The van der Waals surface area contributed by atoms with Gasteiger partial charge in [0, 0.05) is 43.7 Å². The molecular formula is C22H27ClN4O2. The molecule has 0 saturated carbocycles. The van der Waals surface area contributed by atoms with Crippen molar-refractivity contribution in [3.05, 3.63) is 58.1 Å². The first-order valence-electron chi connectivity index (χ1n) is 9.81. The number of rotatable bonds is 7. The van der Waals surface area contributed by atoms with E-state index in [0.717, 1.165) is 43.0 Å². The van der Waals surface area contributed by atoms with Gasteiger partial charge in [0.05, 0.1) is 6.61 Å². The maximum Gasteiger partial charge on any atom is 0.226 e. The monoisotopic (exact) mass is 414 g/mol. The van der Waals surface area contributed by atoms with Gasteiger partial charge in [-0.1, -0.05) is 29.8 Å². The molecule has 0 bridgehead atoms. The Morgan fingerprint density at radius 1 is 1.21 bits per heavy atom. The van der Waals surface area contributed by atoms with E-state index in [1.54, 1.807) is 13.1 Å². The molecule has 0 aliphatic carbocycles. The third-order valence-corrected chi connectivity index (χ3v) is 5.28. The predicted octanol–water partition coefficient (Wildman–Crippen LogP) is 3.32. The van der Waals surface area contributed by atoms with E-state index < -0.39 is 0 Å². The molecule has 2 aromatic carbocycles. The summed E-state index contributed by atoms with van der Waals surface area (Å²) in [7, 11) is 1.72. The number of hydrogen-bond donors (Lipinski definition) is 3. The van der Waals surface area contributed by atoms with E-state index in [1.807, 2.05) is 25.1 Å². The fourth-order valence-corrected chi connectivity index (χ4v) is 3.37. The number of carbonyl (C=O) groups excluding carboxylic acids is 1. The quantitative estimate of drug-likeness (QED) is 0.480. The van der Waals surface area contributed by atoms with Crippen LogP contribution in [0.4, 0.5) is 5.69 Å². The van der Waals surface area contributed by atoms with Crippen LogP contribution < -0.4 is 20.7 Å². The lowest BCUT2D eigenvalue weighted by atomic mass is 10.1. The lowest BCUT2D eigenvalue weighted by molar-refractivity contribution is -0.116. The molecule has 3 rings (SSSR count). The highest BCUT2D eigenvalue weighted by molar-refractivity contribution is 6.31. The molecular weight excluding hydrogens is 388 g/mol. The fraction of sp³-hybridized carbons (Fsp3) is 0.364. The lowest BCUT2D eigenvalue weighted by Crippen LogP contribution is -2.39. The number of nitrogens with zero attached hydrogens (tertiary/aromatic N) is 1. The number of carbonyl (C=O) groups is 1. The Kier molecular flexibility index (Phi) is 7.36.